The Morgan fingerprint density at radius 1 is 1.00 bits per heavy atom. The van der Waals surface area contributed by atoms with E-state index < -0.39 is 0 Å². The van der Waals surface area contributed by atoms with Crippen LogP contribution < -0.4 is 0 Å². The fourth-order valence-corrected chi connectivity index (χ4v) is 5.63. The number of hydrogen-bond donors (Lipinski definition) is 0. The monoisotopic (exact) mass is 484 g/mol. The number of carbonyl (C=O) groups is 1. The maximum Gasteiger partial charge on any atom is 0.332 e. The first kappa shape index (κ1) is 29.6. The van der Waals surface area contributed by atoms with Crippen molar-refractivity contribution in [3.05, 3.63) is 47.1 Å². The van der Waals surface area contributed by atoms with Crippen molar-refractivity contribution < 1.29 is 14.3 Å². The molecule has 0 N–H and O–H groups in total. The first-order valence-electron chi connectivity index (χ1n) is 14.0. The lowest BCUT2D eigenvalue weighted by Gasteiger charge is -2.37. The van der Waals surface area contributed by atoms with Gasteiger partial charge in [0.15, 0.2) is 0 Å². The summed E-state index contributed by atoms with van der Waals surface area (Å²) in [7, 11) is 0. The number of rotatable bonds is 6. The van der Waals surface area contributed by atoms with Gasteiger partial charge in [-0.25, -0.2) is 4.79 Å². The molecule has 0 aromatic rings. The van der Waals surface area contributed by atoms with E-state index in [1.54, 1.807) is 0 Å². The summed E-state index contributed by atoms with van der Waals surface area (Å²) in [4.78, 5) is 13.0. The largest absolute Gasteiger partial charge is 0.456 e. The molecular weight excluding hydrogens is 432 g/mol. The summed E-state index contributed by atoms with van der Waals surface area (Å²) in [6, 6.07) is 0. The zero-order valence-electron chi connectivity index (χ0n) is 23.7. The predicted molar refractivity (Wildman–Crippen MR) is 148 cm³/mol. The molecule has 1 unspecified atom stereocenters. The fourth-order valence-electron chi connectivity index (χ4n) is 5.63. The second kappa shape index (κ2) is 14.8. The van der Waals surface area contributed by atoms with Gasteiger partial charge in [-0.15, -0.1) is 0 Å². The number of ether oxygens (including phenoxy) is 2. The lowest BCUT2D eigenvalue weighted by molar-refractivity contribution is -0.159. The summed E-state index contributed by atoms with van der Waals surface area (Å²) in [6.07, 6.45) is 16.4. The van der Waals surface area contributed by atoms with Gasteiger partial charge < -0.3 is 9.47 Å². The van der Waals surface area contributed by atoms with Gasteiger partial charge in [-0.3, -0.25) is 0 Å². The van der Waals surface area contributed by atoms with Crippen molar-refractivity contribution in [1.82, 2.24) is 0 Å². The molecule has 3 heteroatoms. The van der Waals surface area contributed by atoms with Crippen molar-refractivity contribution >= 4 is 5.97 Å². The van der Waals surface area contributed by atoms with Crippen molar-refractivity contribution in [2.75, 3.05) is 6.61 Å². The molecule has 0 amide bonds. The summed E-state index contributed by atoms with van der Waals surface area (Å²) < 4.78 is 12.3. The van der Waals surface area contributed by atoms with Crippen LogP contribution in [0.4, 0.5) is 0 Å². The van der Waals surface area contributed by atoms with Gasteiger partial charge in [-0.1, -0.05) is 68.2 Å². The Morgan fingerprint density at radius 2 is 1.63 bits per heavy atom. The normalized spacial score (nSPS) is 33.9. The van der Waals surface area contributed by atoms with Crippen LogP contribution in [0.1, 0.15) is 106 Å². The molecule has 0 aromatic heterocycles. The first-order chi connectivity index (χ1) is 16.6. The van der Waals surface area contributed by atoms with Crippen LogP contribution in [-0.4, -0.2) is 24.8 Å². The van der Waals surface area contributed by atoms with Crippen molar-refractivity contribution in [3.8, 4) is 0 Å². The van der Waals surface area contributed by atoms with Crippen molar-refractivity contribution in [1.29, 1.82) is 0 Å². The Balaban J connectivity index is 2.14. The molecule has 5 atom stereocenters. The van der Waals surface area contributed by atoms with E-state index in [0.717, 1.165) is 50.5 Å². The summed E-state index contributed by atoms with van der Waals surface area (Å²) in [5, 5.41) is 0. The average Bonchev–Trinajstić information content (AvgIpc) is 2.76. The molecule has 0 heterocycles. The molecule has 2 aliphatic carbocycles. The van der Waals surface area contributed by atoms with E-state index in [-0.39, 0.29) is 30.7 Å². The van der Waals surface area contributed by atoms with E-state index in [2.05, 4.69) is 73.3 Å². The van der Waals surface area contributed by atoms with Crippen molar-refractivity contribution in [3.63, 3.8) is 0 Å². The van der Waals surface area contributed by atoms with Gasteiger partial charge in [0.25, 0.3) is 0 Å². The zero-order valence-corrected chi connectivity index (χ0v) is 23.7. The fraction of sp³-hybridized carbons (Fsp3) is 0.719. The Labute approximate surface area is 216 Å². The van der Waals surface area contributed by atoms with Gasteiger partial charge in [0, 0.05) is 5.92 Å². The smallest absolute Gasteiger partial charge is 0.332 e. The van der Waals surface area contributed by atoms with E-state index in [1.165, 1.54) is 29.6 Å². The van der Waals surface area contributed by atoms with Crippen LogP contribution in [0.3, 0.4) is 0 Å². The molecule has 198 valence electrons. The van der Waals surface area contributed by atoms with Crippen LogP contribution in [0.2, 0.25) is 0 Å². The molecule has 2 rings (SSSR count). The summed E-state index contributed by atoms with van der Waals surface area (Å²) in [6.45, 7) is 19.8. The van der Waals surface area contributed by atoms with Crippen molar-refractivity contribution in [2.45, 2.75) is 118 Å². The van der Waals surface area contributed by atoms with Crippen LogP contribution in [0, 0.1) is 23.7 Å². The lowest BCUT2D eigenvalue weighted by atomic mass is 9.75. The second-order valence-corrected chi connectivity index (χ2v) is 11.8. The topological polar surface area (TPSA) is 35.5 Å². The van der Waals surface area contributed by atoms with Crippen LogP contribution in [0.15, 0.2) is 47.1 Å². The van der Waals surface area contributed by atoms with E-state index >= 15 is 0 Å². The maximum absolute atomic E-state index is 13.0. The molecule has 1 fully saturated rings. The van der Waals surface area contributed by atoms with Crippen molar-refractivity contribution in [2.24, 2.45) is 23.7 Å². The summed E-state index contributed by atoms with van der Waals surface area (Å²) in [5.41, 5.74) is 5.20. The van der Waals surface area contributed by atoms with E-state index in [0.29, 0.717) is 17.8 Å². The molecular formula is C32H52O3. The third-order valence-corrected chi connectivity index (χ3v) is 8.04. The molecule has 2 aliphatic rings. The molecule has 1 saturated carbocycles. The van der Waals surface area contributed by atoms with Crippen LogP contribution in [-0.2, 0) is 14.3 Å². The summed E-state index contributed by atoms with van der Waals surface area (Å²) in [5.74, 6) is 1.59. The highest BCUT2D eigenvalue weighted by Crippen LogP contribution is 2.35. The molecule has 0 spiro atoms. The van der Waals surface area contributed by atoms with Gasteiger partial charge in [-0.2, -0.15) is 0 Å². The second-order valence-electron chi connectivity index (χ2n) is 11.8. The molecule has 0 aromatic carbocycles. The molecule has 35 heavy (non-hydrogen) atoms. The average molecular weight is 485 g/mol. The number of allylic oxidation sites excluding steroid dienone is 5. The van der Waals surface area contributed by atoms with E-state index in [9.17, 15) is 4.79 Å². The Kier molecular flexibility index (Phi) is 12.6. The van der Waals surface area contributed by atoms with Gasteiger partial charge >= 0.3 is 5.97 Å². The number of esters is 1. The van der Waals surface area contributed by atoms with Crippen LogP contribution in [0.5, 0.6) is 0 Å². The van der Waals surface area contributed by atoms with Gasteiger partial charge in [0.1, 0.15) is 12.7 Å². The zero-order chi connectivity index (χ0) is 26.0. The molecule has 3 nitrogen and oxygen atoms in total. The van der Waals surface area contributed by atoms with E-state index in [4.69, 9.17) is 9.47 Å². The van der Waals surface area contributed by atoms with Gasteiger partial charge in [0.2, 0.25) is 0 Å². The van der Waals surface area contributed by atoms with Gasteiger partial charge in [0.05, 0.1) is 6.10 Å². The van der Waals surface area contributed by atoms with Crippen LogP contribution >= 0.6 is 0 Å². The molecule has 0 saturated heterocycles. The Hall–Kier alpha value is -1.61. The minimum absolute atomic E-state index is 0.0355. The molecule has 0 radical (unpaired) electrons. The maximum atomic E-state index is 13.0. The lowest BCUT2D eigenvalue weighted by Crippen LogP contribution is -2.36. The third kappa shape index (κ3) is 10.5. The summed E-state index contributed by atoms with van der Waals surface area (Å²) >= 11 is 0. The highest BCUT2D eigenvalue weighted by molar-refractivity contribution is 5.71. The minimum Gasteiger partial charge on any atom is -0.456 e. The standard InChI is InChI=1S/C32H52O3/c1-22(2)28-18-16-27(8)19-30(28)34-21-32(33)35-31-20-26(7)14-10-12-24(5)11-9-13-25(6)15-17-29(31)23(3)4/h12-13,20,22,27-31H,3,9-11,14-19,21H2,1-2,4-8H3/b24-12-,25-13+,26-20+/t27-,28+,29+,30?,31-/m1/s1. The Bertz CT molecular complexity index is 785. The Morgan fingerprint density at radius 3 is 2.26 bits per heavy atom. The molecule has 0 bridgehead atoms. The third-order valence-electron chi connectivity index (χ3n) is 8.04. The SMILES string of the molecule is C=C(C)[C@@H]1CC/C(C)=C/CC/C(C)=C\CC/C(C)=C/[C@H]1OC(=O)COC1C[C@H](C)CC[C@H]1C(C)C. The number of hydrogen-bond acceptors (Lipinski definition) is 3. The highest BCUT2D eigenvalue weighted by atomic mass is 16.6. The minimum atomic E-state index is -0.296. The quantitative estimate of drug-likeness (QED) is 0.279. The van der Waals surface area contributed by atoms with Crippen LogP contribution in [0.25, 0.3) is 0 Å². The predicted octanol–water partition coefficient (Wildman–Crippen LogP) is 8.76. The van der Waals surface area contributed by atoms with E-state index in [1.807, 2.05) is 0 Å². The number of carbonyl (C=O) groups excluding carboxylic acids is 1. The first-order valence-corrected chi connectivity index (χ1v) is 14.0. The van der Waals surface area contributed by atoms with Gasteiger partial charge in [-0.05, 0) is 103 Å². The highest BCUT2D eigenvalue weighted by Gasteiger charge is 2.32. The molecule has 0 aliphatic heterocycles.